The highest BCUT2D eigenvalue weighted by Crippen LogP contribution is 2.18. The van der Waals surface area contributed by atoms with Crippen molar-refractivity contribution >= 4 is 12.1 Å². The second kappa shape index (κ2) is 7.97. The Bertz CT molecular complexity index is 833. The summed E-state index contributed by atoms with van der Waals surface area (Å²) in [4.78, 5) is 35.5. The Hall–Kier alpha value is -2.94. The fourth-order valence-corrected chi connectivity index (χ4v) is 2.72. The minimum atomic E-state index is -0.737. The van der Waals surface area contributed by atoms with Gasteiger partial charge in [0.1, 0.15) is 5.60 Å². The van der Waals surface area contributed by atoms with E-state index >= 15 is 0 Å². The lowest BCUT2D eigenvalue weighted by atomic mass is 10.1. The van der Waals surface area contributed by atoms with Gasteiger partial charge in [-0.2, -0.15) is 4.98 Å². The maximum Gasteiger partial charge on any atom is 0.528 e. The average Bonchev–Trinajstić information content (AvgIpc) is 3.07. The summed E-state index contributed by atoms with van der Waals surface area (Å²) in [7, 11) is 0. The van der Waals surface area contributed by atoms with Gasteiger partial charge in [0.15, 0.2) is 0 Å². The van der Waals surface area contributed by atoms with Crippen molar-refractivity contribution in [2.75, 3.05) is 26.2 Å². The van der Waals surface area contributed by atoms with Crippen LogP contribution < -0.4 is 0 Å². The van der Waals surface area contributed by atoms with E-state index in [1.807, 2.05) is 0 Å². The molecule has 1 saturated heterocycles. The number of hydrogen-bond acceptors (Lipinski definition) is 8. The summed E-state index contributed by atoms with van der Waals surface area (Å²) in [5.74, 6) is 0.902. The molecule has 3 rings (SSSR count). The fourth-order valence-electron chi connectivity index (χ4n) is 2.72. The van der Waals surface area contributed by atoms with Gasteiger partial charge in [-0.15, -0.1) is 5.06 Å². The molecule has 1 aliphatic rings. The SMILES string of the molecule is Cc1nc(-c2ccc(C(=O)N3CCN(OC(=O)OC(C)(C)C)CC3)cc2)no1. The van der Waals surface area contributed by atoms with Crippen LogP contribution in [0.5, 0.6) is 0 Å². The van der Waals surface area contributed by atoms with E-state index in [-0.39, 0.29) is 5.91 Å². The molecule has 1 aromatic heterocycles. The number of benzene rings is 1. The monoisotopic (exact) mass is 388 g/mol. The van der Waals surface area contributed by atoms with E-state index in [1.54, 1.807) is 56.9 Å². The quantitative estimate of drug-likeness (QED) is 0.740. The Balaban J connectivity index is 1.53. The third-order valence-corrected chi connectivity index (χ3v) is 4.04. The predicted molar refractivity (Wildman–Crippen MR) is 99.3 cm³/mol. The van der Waals surface area contributed by atoms with Gasteiger partial charge in [-0.05, 0) is 32.9 Å². The Morgan fingerprint density at radius 1 is 1.07 bits per heavy atom. The largest absolute Gasteiger partial charge is 0.528 e. The van der Waals surface area contributed by atoms with Gasteiger partial charge >= 0.3 is 6.16 Å². The van der Waals surface area contributed by atoms with Crippen molar-refractivity contribution < 1.29 is 23.7 Å². The molecule has 1 aliphatic heterocycles. The molecule has 0 aliphatic carbocycles. The van der Waals surface area contributed by atoms with Crippen molar-refractivity contribution in [3.8, 4) is 11.4 Å². The van der Waals surface area contributed by atoms with Crippen molar-refractivity contribution in [2.45, 2.75) is 33.3 Å². The summed E-state index contributed by atoms with van der Waals surface area (Å²) >= 11 is 0. The number of piperazine rings is 1. The minimum Gasteiger partial charge on any atom is -0.427 e. The molecular weight excluding hydrogens is 364 g/mol. The van der Waals surface area contributed by atoms with E-state index in [4.69, 9.17) is 14.1 Å². The molecule has 0 spiro atoms. The Labute approximate surface area is 163 Å². The predicted octanol–water partition coefficient (Wildman–Crippen LogP) is 2.67. The normalized spacial score (nSPS) is 15.4. The molecule has 1 fully saturated rings. The number of aryl methyl sites for hydroxylation is 1. The number of hydrogen-bond donors (Lipinski definition) is 0. The van der Waals surface area contributed by atoms with E-state index in [9.17, 15) is 9.59 Å². The second-order valence-corrected chi connectivity index (χ2v) is 7.49. The number of ether oxygens (including phenoxy) is 1. The van der Waals surface area contributed by atoms with Gasteiger partial charge in [-0.1, -0.05) is 17.3 Å². The molecule has 1 amide bonds. The van der Waals surface area contributed by atoms with Crippen molar-refractivity contribution in [2.24, 2.45) is 0 Å². The first-order valence-corrected chi connectivity index (χ1v) is 9.07. The first kappa shape index (κ1) is 19.8. The van der Waals surface area contributed by atoms with Gasteiger partial charge in [0.2, 0.25) is 11.7 Å². The molecule has 9 heteroatoms. The molecule has 0 atom stereocenters. The van der Waals surface area contributed by atoms with Crippen LogP contribution in [0.1, 0.15) is 37.0 Å². The molecule has 0 saturated carbocycles. The molecule has 2 heterocycles. The van der Waals surface area contributed by atoms with E-state index < -0.39 is 11.8 Å². The molecule has 2 aromatic rings. The number of amides is 1. The number of carbonyl (C=O) groups is 2. The molecule has 9 nitrogen and oxygen atoms in total. The first-order chi connectivity index (χ1) is 13.2. The Morgan fingerprint density at radius 2 is 1.71 bits per heavy atom. The van der Waals surface area contributed by atoms with Gasteiger partial charge in [0.25, 0.3) is 5.91 Å². The first-order valence-electron chi connectivity index (χ1n) is 9.07. The maximum absolute atomic E-state index is 12.7. The van der Waals surface area contributed by atoms with E-state index in [0.717, 1.165) is 5.56 Å². The Kier molecular flexibility index (Phi) is 5.64. The maximum atomic E-state index is 12.7. The van der Waals surface area contributed by atoms with E-state index in [2.05, 4.69) is 10.1 Å². The lowest BCUT2D eigenvalue weighted by Crippen LogP contribution is -2.49. The van der Waals surface area contributed by atoms with Crippen molar-refractivity contribution in [3.05, 3.63) is 35.7 Å². The van der Waals surface area contributed by atoms with Crippen molar-refractivity contribution in [1.82, 2.24) is 20.1 Å². The van der Waals surface area contributed by atoms with Crippen LogP contribution in [0.25, 0.3) is 11.4 Å². The van der Waals surface area contributed by atoms with Crippen molar-refractivity contribution in [3.63, 3.8) is 0 Å². The summed E-state index contributed by atoms with van der Waals surface area (Å²) in [5, 5.41) is 5.38. The van der Waals surface area contributed by atoms with E-state index in [0.29, 0.717) is 43.5 Å². The fraction of sp³-hybridized carbons (Fsp3) is 0.474. The summed E-state index contributed by atoms with van der Waals surface area (Å²) < 4.78 is 10.1. The minimum absolute atomic E-state index is 0.0761. The van der Waals surface area contributed by atoms with Crippen LogP contribution in [-0.2, 0) is 9.57 Å². The van der Waals surface area contributed by atoms with Crippen LogP contribution >= 0.6 is 0 Å². The number of aromatic nitrogens is 2. The van der Waals surface area contributed by atoms with Crippen molar-refractivity contribution in [1.29, 1.82) is 0 Å². The standard InChI is InChI=1S/C19H24N4O5/c1-13-20-16(21-27-13)14-5-7-15(8-6-14)17(24)22-9-11-23(12-10-22)28-18(25)26-19(2,3)4/h5-8H,9-12H2,1-4H3. The summed E-state index contributed by atoms with van der Waals surface area (Å²) in [6, 6.07) is 7.07. The summed E-state index contributed by atoms with van der Waals surface area (Å²) in [6.45, 7) is 8.79. The van der Waals surface area contributed by atoms with Crippen LogP contribution in [0.3, 0.4) is 0 Å². The number of carbonyl (C=O) groups excluding carboxylic acids is 2. The van der Waals surface area contributed by atoms with Gasteiger partial charge < -0.3 is 19.0 Å². The highest BCUT2D eigenvalue weighted by Gasteiger charge is 2.26. The zero-order valence-corrected chi connectivity index (χ0v) is 16.5. The lowest BCUT2D eigenvalue weighted by Gasteiger charge is -2.33. The molecular formula is C19H24N4O5. The molecule has 150 valence electrons. The molecule has 28 heavy (non-hydrogen) atoms. The van der Waals surface area contributed by atoms with Gasteiger partial charge in [-0.3, -0.25) is 4.79 Å². The van der Waals surface area contributed by atoms with Gasteiger partial charge in [-0.25, -0.2) is 4.79 Å². The molecule has 0 bridgehead atoms. The summed E-state index contributed by atoms with van der Waals surface area (Å²) in [6.07, 6.45) is -0.737. The van der Waals surface area contributed by atoms with E-state index in [1.165, 1.54) is 5.06 Å². The second-order valence-electron chi connectivity index (χ2n) is 7.49. The van der Waals surface area contributed by atoms with Gasteiger partial charge in [0, 0.05) is 31.1 Å². The number of rotatable bonds is 3. The lowest BCUT2D eigenvalue weighted by molar-refractivity contribution is -0.154. The zero-order chi connectivity index (χ0) is 20.3. The van der Waals surface area contributed by atoms with Gasteiger partial charge in [0.05, 0.1) is 13.1 Å². The van der Waals surface area contributed by atoms with Crippen LogP contribution in [0, 0.1) is 6.92 Å². The number of hydroxylamine groups is 2. The smallest absolute Gasteiger partial charge is 0.427 e. The average molecular weight is 388 g/mol. The third kappa shape index (κ3) is 5.07. The molecule has 0 N–H and O–H groups in total. The molecule has 0 radical (unpaired) electrons. The zero-order valence-electron chi connectivity index (χ0n) is 16.5. The van der Waals surface area contributed by atoms with Crippen LogP contribution in [0.15, 0.2) is 28.8 Å². The van der Waals surface area contributed by atoms with Crippen LogP contribution in [-0.4, -0.2) is 63.9 Å². The highest BCUT2D eigenvalue weighted by atomic mass is 16.8. The molecule has 1 aromatic carbocycles. The van der Waals surface area contributed by atoms with Crippen LogP contribution in [0.2, 0.25) is 0 Å². The topological polar surface area (TPSA) is 98.0 Å². The third-order valence-electron chi connectivity index (χ3n) is 4.04. The van der Waals surface area contributed by atoms with Crippen LogP contribution in [0.4, 0.5) is 4.79 Å². The Morgan fingerprint density at radius 3 is 2.25 bits per heavy atom. The molecule has 0 unspecified atom stereocenters. The summed E-state index contributed by atoms with van der Waals surface area (Å²) in [5.41, 5.74) is 0.746. The highest BCUT2D eigenvalue weighted by molar-refractivity contribution is 5.94. The number of nitrogens with zero attached hydrogens (tertiary/aromatic N) is 4.